The molecule has 28 heavy (non-hydrogen) atoms. The third-order valence-electron chi connectivity index (χ3n) is 4.10. The Bertz CT molecular complexity index is 1210. The quantitative estimate of drug-likeness (QED) is 0.516. The molecule has 0 unspecified atom stereocenters. The molecule has 4 rings (SSSR count). The molecule has 9 heteroatoms. The van der Waals surface area contributed by atoms with Crippen LogP contribution >= 0.6 is 11.3 Å². The third-order valence-corrected chi connectivity index (χ3v) is 6.26. The van der Waals surface area contributed by atoms with Crippen molar-refractivity contribution in [2.45, 2.75) is 18.7 Å². The molecule has 4 aromatic rings. The topological polar surface area (TPSA) is 85.6 Å². The van der Waals surface area contributed by atoms with E-state index in [9.17, 15) is 8.42 Å². The SMILES string of the molecule is CCOc1ccc(S(=O)(=O)Nc2nc3scc(-c4ccc(C)cc4)n3n2)cc1. The second-order valence-corrected chi connectivity index (χ2v) is 8.65. The molecule has 0 radical (unpaired) electrons. The number of fused-ring (bicyclic) bond motifs is 1. The van der Waals surface area contributed by atoms with E-state index in [-0.39, 0.29) is 10.8 Å². The van der Waals surface area contributed by atoms with Crippen molar-refractivity contribution in [3.63, 3.8) is 0 Å². The summed E-state index contributed by atoms with van der Waals surface area (Å²) in [6, 6.07) is 14.3. The van der Waals surface area contributed by atoms with E-state index >= 15 is 0 Å². The van der Waals surface area contributed by atoms with Crippen LogP contribution in [0.1, 0.15) is 12.5 Å². The monoisotopic (exact) mass is 414 g/mol. The molecule has 0 saturated heterocycles. The second-order valence-electron chi connectivity index (χ2n) is 6.13. The number of ether oxygens (including phenoxy) is 1. The number of rotatable bonds is 6. The number of hydrogen-bond donors (Lipinski definition) is 1. The van der Waals surface area contributed by atoms with Crippen LogP contribution < -0.4 is 9.46 Å². The summed E-state index contributed by atoms with van der Waals surface area (Å²) < 4.78 is 34.7. The highest BCUT2D eigenvalue weighted by Gasteiger charge is 2.19. The van der Waals surface area contributed by atoms with Gasteiger partial charge in [-0.25, -0.2) is 17.7 Å². The molecule has 0 amide bonds. The highest BCUT2D eigenvalue weighted by Crippen LogP contribution is 2.27. The lowest BCUT2D eigenvalue weighted by molar-refractivity contribution is 0.340. The van der Waals surface area contributed by atoms with E-state index in [1.165, 1.54) is 23.5 Å². The first kappa shape index (κ1) is 18.5. The molecule has 0 spiro atoms. The molecule has 0 aliphatic heterocycles. The Morgan fingerprint density at radius 2 is 1.82 bits per heavy atom. The maximum Gasteiger partial charge on any atom is 0.264 e. The zero-order valence-corrected chi connectivity index (χ0v) is 16.9. The fourth-order valence-corrected chi connectivity index (χ4v) is 4.48. The van der Waals surface area contributed by atoms with Gasteiger partial charge in [-0.1, -0.05) is 29.8 Å². The fourth-order valence-electron chi connectivity index (χ4n) is 2.71. The van der Waals surface area contributed by atoms with E-state index in [2.05, 4.69) is 14.8 Å². The zero-order valence-electron chi connectivity index (χ0n) is 15.3. The van der Waals surface area contributed by atoms with Crippen LogP contribution in [-0.2, 0) is 10.0 Å². The molecule has 0 aliphatic rings. The predicted molar refractivity (Wildman–Crippen MR) is 109 cm³/mol. The van der Waals surface area contributed by atoms with Gasteiger partial charge in [0.05, 0.1) is 17.2 Å². The maximum atomic E-state index is 12.6. The average Bonchev–Trinajstić information content (AvgIpc) is 3.23. The molecule has 7 nitrogen and oxygen atoms in total. The Kier molecular flexibility index (Phi) is 4.78. The van der Waals surface area contributed by atoms with Crippen molar-refractivity contribution < 1.29 is 13.2 Å². The fraction of sp³-hybridized carbons (Fsp3) is 0.158. The van der Waals surface area contributed by atoms with Gasteiger partial charge in [-0.3, -0.25) is 0 Å². The highest BCUT2D eigenvalue weighted by molar-refractivity contribution is 7.92. The molecule has 2 heterocycles. The second kappa shape index (κ2) is 7.25. The van der Waals surface area contributed by atoms with Crippen molar-refractivity contribution in [1.29, 1.82) is 0 Å². The van der Waals surface area contributed by atoms with Crippen molar-refractivity contribution in [2.24, 2.45) is 0 Å². The summed E-state index contributed by atoms with van der Waals surface area (Å²) in [7, 11) is -3.79. The molecule has 2 aromatic carbocycles. The third kappa shape index (κ3) is 3.58. The smallest absolute Gasteiger partial charge is 0.264 e. The molecule has 0 atom stereocenters. The summed E-state index contributed by atoms with van der Waals surface area (Å²) in [6.45, 7) is 4.41. The van der Waals surface area contributed by atoms with E-state index in [1.807, 2.05) is 43.5 Å². The number of benzene rings is 2. The summed E-state index contributed by atoms with van der Waals surface area (Å²) in [6.07, 6.45) is 0. The van der Waals surface area contributed by atoms with Crippen LogP contribution in [0.3, 0.4) is 0 Å². The Morgan fingerprint density at radius 1 is 1.11 bits per heavy atom. The molecule has 0 bridgehead atoms. The molecule has 0 aliphatic carbocycles. The number of aryl methyl sites for hydroxylation is 1. The molecule has 0 fully saturated rings. The lowest BCUT2D eigenvalue weighted by Crippen LogP contribution is -2.14. The minimum atomic E-state index is -3.79. The Hall–Kier alpha value is -2.91. The minimum absolute atomic E-state index is 0.0362. The van der Waals surface area contributed by atoms with E-state index < -0.39 is 10.0 Å². The van der Waals surface area contributed by atoms with Gasteiger partial charge in [-0.15, -0.1) is 16.4 Å². The Labute approximate surface area is 166 Å². The van der Waals surface area contributed by atoms with E-state index in [0.717, 1.165) is 16.8 Å². The largest absolute Gasteiger partial charge is 0.494 e. The summed E-state index contributed by atoms with van der Waals surface area (Å²) in [5.74, 6) is 0.652. The van der Waals surface area contributed by atoms with E-state index in [1.54, 1.807) is 16.6 Å². The number of nitrogens with one attached hydrogen (secondary N) is 1. The first-order chi connectivity index (χ1) is 13.5. The lowest BCUT2D eigenvalue weighted by atomic mass is 10.1. The van der Waals surface area contributed by atoms with E-state index in [4.69, 9.17) is 4.74 Å². The van der Waals surface area contributed by atoms with Crippen LogP contribution in [0.2, 0.25) is 0 Å². The van der Waals surface area contributed by atoms with Gasteiger partial charge in [0.2, 0.25) is 4.96 Å². The van der Waals surface area contributed by atoms with Crippen molar-refractivity contribution >= 4 is 32.3 Å². The van der Waals surface area contributed by atoms with Gasteiger partial charge in [-0.05, 0) is 38.1 Å². The summed E-state index contributed by atoms with van der Waals surface area (Å²) in [5.41, 5.74) is 3.01. The molecular weight excluding hydrogens is 396 g/mol. The Balaban J connectivity index is 1.62. The van der Waals surface area contributed by atoms with Crippen LogP contribution in [0.25, 0.3) is 16.2 Å². The van der Waals surface area contributed by atoms with Gasteiger partial charge >= 0.3 is 0 Å². The standard InChI is InChI=1S/C19H18N4O3S2/c1-3-26-15-8-10-16(11-9-15)28(24,25)22-18-20-19-23(21-18)17(12-27-19)14-6-4-13(2)5-7-14/h4-12H,3H2,1-2H3,(H,21,22). The number of sulfonamides is 1. The maximum absolute atomic E-state index is 12.6. The molecule has 2 aromatic heterocycles. The van der Waals surface area contributed by atoms with E-state index in [0.29, 0.717) is 17.3 Å². The molecular formula is C19H18N4O3S2. The van der Waals surface area contributed by atoms with Crippen LogP contribution in [-0.4, -0.2) is 29.6 Å². The number of aromatic nitrogens is 3. The average molecular weight is 415 g/mol. The van der Waals surface area contributed by atoms with Gasteiger partial charge in [0.15, 0.2) is 0 Å². The summed E-state index contributed by atoms with van der Waals surface area (Å²) in [4.78, 5) is 5.02. The first-order valence-corrected chi connectivity index (χ1v) is 11.0. The van der Waals surface area contributed by atoms with Crippen molar-refractivity contribution in [1.82, 2.24) is 14.6 Å². The van der Waals surface area contributed by atoms with Crippen molar-refractivity contribution in [3.8, 4) is 17.0 Å². The molecule has 1 N–H and O–H groups in total. The molecule has 144 valence electrons. The van der Waals surface area contributed by atoms with Gasteiger partial charge in [0.1, 0.15) is 5.75 Å². The summed E-state index contributed by atoms with van der Waals surface area (Å²) >= 11 is 1.40. The number of thiazole rings is 1. The minimum Gasteiger partial charge on any atom is -0.494 e. The molecule has 0 saturated carbocycles. The van der Waals surface area contributed by atoms with Crippen LogP contribution in [0.15, 0.2) is 58.8 Å². The summed E-state index contributed by atoms with van der Waals surface area (Å²) in [5, 5.41) is 6.28. The highest BCUT2D eigenvalue weighted by atomic mass is 32.2. The first-order valence-electron chi connectivity index (χ1n) is 8.63. The number of hydrogen-bond acceptors (Lipinski definition) is 6. The normalized spacial score (nSPS) is 11.6. The van der Waals surface area contributed by atoms with Crippen LogP contribution in [0, 0.1) is 6.92 Å². The lowest BCUT2D eigenvalue weighted by Gasteiger charge is -2.06. The van der Waals surface area contributed by atoms with Crippen LogP contribution in [0.4, 0.5) is 5.95 Å². The van der Waals surface area contributed by atoms with Gasteiger partial charge in [0.25, 0.3) is 16.0 Å². The van der Waals surface area contributed by atoms with Crippen molar-refractivity contribution in [2.75, 3.05) is 11.3 Å². The number of anilines is 1. The number of nitrogens with zero attached hydrogens (tertiary/aromatic N) is 3. The predicted octanol–water partition coefficient (Wildman–Crippen LogP) is 3.97. The van der Waals surface area contributed by atoms with Gasteiger partial charge in [-0.2, -0.15) is 4.98 Å². The van der Waals surface area contributed by atoms with Crippen LogP contribution in [0.5, 0.6) is 5.75 Å². The van der Waals surface area contributed by atoms with Crippen molar-refractivity contribution in [3.05, 3.63) is 59.5 Å². The van der Waals surface area contributed by atoms with Gasteiger partial charge < -0.3 is 4.74 Å². The van der Waals surface area contributed by atoms with Gasteiger partial charge in [0, 0.05) is 10.9 Å². The zero-order chi connectivity index (χ0) is 19.7. The Morgan fingerprint density at radius 3 is 2.50 bits per heavy atom.